The SMILES string of the molecule is CCCNc1cc(CNCC)c(Cl)cn1. The molecule has 0 amide bonds. The minimum atomic E-state index is 0.720. The van der Waals surface area contributed by atoms with Crippen LogP contribution in [0.3, 0.4) is 0 Å². The van der Waals surface area contributed by atoms with Crippen molar-refractivity contribution in [2.75, 3.05) is 18.4 Å². The van der Waals surface area contributed by atoms with Gasteiger partial charge in [0.25, 0.3) is 0 Å². The van der Waals surface area contributed by atoms with E-state index < -0.39 is 0 Å². The Morgan fingerprint density at radius 3 is 2.87 bits per heavy atom. The smallest absolute Gasteiger partial charge is 0.126 e. The normalized spacial score (nSPS) is 10.3. The summed E-state index contributed by atoms with van der Waals surface area (Å²) < 4.78 is 0. The standard InChI is InChI=1S/C11H18ClN3/c1-3-5-14-11-6-9(7-13-4-2)10(12)8-15-11/h6,8,13H,3-5,7H2,1-2H3,(H,14,15). The number of rotatable bonds is 6. The van der Waals surface area contributed by atoms with Crippen molar-refractivity contribution in [2.24, 2.45) is 0 Å². The molecule has 0 aliphatic carbocycles. The first-order valence-electron chi connectivity index (χ1n) is 5.37. The summed E-state index contributed by atoms with van der Waals surface area (Å²) in [4.78, 5) is 4.21. The Balaban J connectivity index is 2.66. The number of pyridine rings is 1. The third kappa shape index (κ3) is 4.06. The van der Waals surface area contributed by atoms with E-state index in [9.17, 15) is 0 Å². The van der Waals surface area contributed by atoms with E-state index >= 15 is 0 Å². The summed E-state index contributed by atoms with van der Waals surface area (Å²) in [6.07, 6.45) is 2.79. The molecule has 2 N–H and O–H groups in total. The largest absolute Gasteiger partial charge is 0.370 e. The van der Waals surface area contributed by atoms with Crippen molar-refractivity contribution in [1.29, 1.82) is 0 Å². The summed E-state index contributed by atoms with van der Waals surface area (Å²) in [5.74, 6) is 0.897. The van der Waals surface area contributed by atoms with Gasteiger partial charge in [-0.05, 0) is 24.6 Å². The van der Waals surface area contributed by atoms with Crippen LogP contribution in [0.15, 0.2) is 12.3 Å². The topological polar surface area (TPSA) is 37.0 Å². The van der Waals surface area contributed by atoms with Crippen LogP contribution >= 0.6 is 11.6 Å². The maximum atomic E-state index is 6.04. The van der Waals surface area contributed by atoms with Crippen molar-refractivity contribution >= 4 is 17.4 Å². The first-order chi connectivity index (χ1) is 7.27. The van der Waals surface area contributed by atoms with E-state index in [1.165, 1.54) is 0 Å². The van der Waals surface area contributed by atoms with Gasteiger partial charge in [0.1, 0.15) is 5.82 Å². The van der Waals surface area contributed by atoms with Gasteiger partial charge < -0.3 is 10.6 Å². The van der Waals surface area contributed by atoms with Gasteiger partial charge in [-0.3, -0.25) is 0 Å². The predicted octanol–water partition coefficient (Wildman–Crippen LogP) is 2.67. The van der Waals surface area contributed by atoms with Crippen molar-refractivity contribution < 1.29 is 0 Å². The Morgan fingerprint density at radius 1 is 1.40 bits per heavy atom. The molecule has 3 nitrogen and oxygen atoms in total. The van der Waals surface area contributed by atoms with Gasteiger partial charge >= 0.3 is 0 Å². The number of nitrogens with zero attached hydrogens (tertiary/aromatic N) is 1. The molecular weight excluding hydrogens is 210 g/mol. The highest BCUT2D eigenvalue weighted by Crippen LogP contribution is 2.17. The highest BCUT2D eigenvalue weighted by molar-refractivity contribution is 6.31. The quantitative estimate of drug-likeness (QED) is 0.785. The fourth-order valence-corrected chi connectivity index (χ4v) is 1.40. The highest BCUT2D eigenvalue weighted by atomic mass is 35.5. The summed E-state index contributed by atoms with van der Waals surface area (Å²) in [5, 5.41) is 7.21. The molecule has 84 valence electrons. The second kappa shape index (κ2) is 6.64. The van der Waals surface area contributed by atoms with Crippen molar-refractivity contribution in [3.63, 3.8) is 0 Å². The summed E-state index contributed by atoms with van der Waals surface area (Å²) in [7, 11) is 0. The van der Waals surface area contributed by atoms with Crippen molar-refractivity contribution in [1.82, 2.24) is 10.3 Å². The summed E-state index contributed by atoms with van der Waals surface area (Å²) >= 11 is 6.04. The summed E-state index contributed by atoms with van der Waals surface area (Å²) in [6, 6.07) is 2.00. The second-order valence-corrected chi connectivity index (χ2v) is 3.78. The number of nitrogens with one attached hydrogen (secondary N) is 2. The van der Waals surface area contributed by atoms with Gasteiger partial charge in [0.15, 0.2) is 0 Å². The van der Waals surface area contributed by atoms with E-state index in [1.54, 1.807) is 6.20 Å². The Bertz CT molecular complexity index is 302. The molecule has 1 aromatic rings. The number of hydrogen-bond acceptors (Lipinski definition) is 3. The maximum Gasteiger partial charge on any atom is 0.126 e. The number of halogens is 1. The van der Waals surface area contributed by atoms with Crippen LogP contribution in [-0.2, 0) is 6.54 Å². The molecule has 15 heavy (non-hydrogen) atoms. The first kappa shape index (κ1) is 12.3. The molecule has 0 fully saturated rings. The highest BCUT2D eigenvalue weighted by Gasteiger charge is 2.02. The Labute approximate surface area is 96.2 Å². The Kier molecular flexibility index (Phi) is 5.43. The average molecular weight is 228 g/mol. The molecule has 0 bridgehead atoms. The molecule has 0 atom stereocenters. The minimum Gasteiger partial charge on any atom is -0.370 e. The van der Waals surface area contributed by atoms with Crippen molar-refractivity contribution in [3.8, 4) is 0 Å². The predicted molar refractivity (Wildman–Crippen MR) is 65.4 cm³/mol. The zero-order valence-electron chi connectivity index (χ0n) is 9.31. The molecule has 0 radical (unpaired) electrons. The molecule has 1 aromatic heterocycles. The van der Waals surface area contributed by atoms with E-state index in [0.717, 1.165) is 42.5 Å². The van der Waals surface area contributed by atoms with E-state index in [0.29, 0.717) is 0 Å². The van der Waals surface area contributed by atoms with Crippen molar-refractivity contribution in [2.45, 2.75) is 26.8 Å². The van der Waals surface area contributed by atoms with Crippen LogP contribution in [0, 0.1) is 0 Å². The van der Waals surface area contributed by atoms with E-state index in [-0.39, 0.29) is 0 Å². The molecular formula is C11H18ClN3. The molecule has 0 aliphatic rings. The molecule has 0 aliphatic heterocycles. The fourth-order valence-electron chi connectivity index (χ4n) is 1.23. The van der Waals surface area contributed by atoms with Gasteiger partial charge in [-0.25, -0.2) is 4.98 Å². The Hall–Kier alpha value is -0.800. The minimum absolute atomic E-state index is 0.720. The molecule has 1 rings (SSSR count). The lowest BCUT2D eigenvalue weighted by atomic mass is 10.2. The van der Waals surface area contributed by atoms with Gasteiger partial charge in [-0.1, -0.05) is 25.4 Å². The van der Waals surface area contributed by atoms with Crippen LogP contribution in [0.1, 0.15) is 25.8 Å². The molecule has 0 spiro atoms. The first-order valence-corrected chi connectivity index (χ1v) is 5.74. The van der Waals surface area contributed by atoms with Crippen LogP contribution in [0.2, 0.25) is 5.02 Å². The van der Waals surface area contributed by atoms with Crippen LogP contribution < -0.4 is 10.6 Å². The third-order valence-electron chi connectivity index (χ3n) is 2.06. The molecule has 0 unspecified atom stereocenters. The van der Waals surface area contributed by atoms with Crippen LogP contribution in [0.4, 0.5) is 5.82 Å². The Morgan fingerprint density at radius 2 is 2.20 bits per heavy atom. The van der Waals surface area contributed by atoms with Crippen LogP contribution in [0.25, 0.3) is 0 Å². The van der Waals surface area contributed by atoms with Crippen LogP contribution in [-0.4, -0.2) is 18.1 Å². The lowest BCUT2D eigenvalue weighted by molar-refractivity contribution is 0.726. The molecule has 4 heteroatoms. The molecule has 0 saturated heterocycles. The monoisotopic (exact) mass is 227 g/mol. The second-order valence-electron chi connectivity index (χ2n) is 3.37. The van der Waals surface area contributed by atoms with Crippen LogP contribution in [0.5, 0.6) is 0 Å². The van der Waals surface area contributed by atoms with Gasteiger partial charge in [0.2, 0.25) is 0 Å². The van der Waals surface area contributed by atoms with Crippen molar-refractivity contribution in [3.05, 3.63) is 22.8 Å². The molecule has 1 heterocycles. The van der Waals surface area contributed by atoms with Gasteiger partial charge in [0.05, 0.1) is 5.02 Å². The zero-order valence-corrected chi connectivity index (χ0v) is 10.1. The van der Waals surface area contributed by atoms with E-state index in [4.69, 9.17) is 11.6 Å². The van der Waals surface area contributed by atoms with Gasteiger partial charge in [-0.15, -0.1) is 0 Å². The van der Waals surface area contributed by atoms with E-state index in [2.05, 4.69) is 29.5 Å². The summed E-state index contributed by atoms with van der Waals surface area (Å²) in [5.41, 5.74) is 1.09. The van der Waals surface area contributed by atoms with Gasteiger partial charge in [0, 0.05) is 19.3 Å². The lowest BCUT2D eigenvalue weighted by Gasteiger charge is -2.08. The average Bonchev–Trinajstić information content (AvgIpc) is 2.26. The lowest BCUT2D eigenvalue weighted by Crippen LogP contribution is -2.13. The number of hydrogen-bond donors (Lipinski definition) is 2. The molecule has 0 saturated carbocycles. The maximum absolute atomic E-state index is 6.04. The van der Waals surface area contributed by atoms with Gasteiger partial charge in [-0.2, -0.15) is 0 Å². The zero-order chi connectivity index (χ0) is 11.1. The van der Waals surface area contributed by atoms with E-state index in [1.807, 2.05) is 6.07 Å². The number of aromatic nitrogens is 1. The molecule has 0 aromatic carbocycles. The third-order valence-corrected chi connectivity index (χ3v) is 2.40. The number of anilines is 1. The summed E-state index contributed by atoms with van der Waals surface area (Å²) in [6.45, 7) is 6.87. The fraction of sp³-hybridized carbons (Fsp3) is 0.545.